The summed E-state index contributed by atoms with van der Waals surface area (Å²) in [6.45, 7) is 4.29. The zero-order valence-corrected chi connectivity index (χ0v) is 24.1. The molecule has 0 aliphatic carbocycles. The number of nitrogens with zero attached hydrogens (tertiary/aromatic N) is 3. The molecule has 0 radical (unpaired) electrons. The van der Waals surface area contributed by atoms with Crippen LogP contribution in [0.25, 0.3) is 11.5 Å². The second kappa shape index (κ2) is 16.4. The zero-order valence-electron chi connectivity index (χ0n) is 24.1. The summed E-state index contributed by atoms with van der Waals surface area (Å²) in [5, 5.41) is 13.7. The molecule has 3 rings (SSSR count). The third kappa shape index (κ3) is 8.93. The molecule has 1 heterocycles. The number of amides is 1. The maximum atomic E-state index is 12.8. The van der Waals surface area contributed by atoms with Gasteiger partial charge in [-0.25, -0.2) is 4.79 Å². The van der Waals surface area contributed by atoms with E-state index in [1.165, 1.54) is 56.3 Å². The lowest BCUT2D eigenvalue weighted by molar-refractivity contribution is -0.157. The van der Waals surface area contributed by atoms with Crippen LogP contribution in [0, 0.1) is 0 Å². The highest BCUT2D eigenvalue weighted by Gasteiger charge is 2.29. The van der Waals surface area contributed by atoms with Crippen molar-refractivity contribution in [2.24, 2.45) is 0 Å². The Morgan fingerprint density at radius 1 is 0.925 bits per heavy atom. The number of para-hydroxylation sites is 1. The van der Waals surface area contributed by atoms with Crippen LogP contribution in [0.15, 0.2) is 53.1 Å². The molecule has 0 spiro atoms. The number of carboxylic acids is 1. The van der Waals surface area contributed by atoms with E-state index in [0.29, 0.717) is 23.9 Å². The van der Waals surface area contributed by atoms with Gasteiger partial charge in [0, 0.05) is 17.5 Å². The summed E-state index contributed by atoms with van der Waals surface area (Å²) in [5.74, 6) is -0.679. The van der Waals surface area contributed by atoms with Gasteiger partial charge in [0.1, 0.15) is 5.75 Å². The maximum Gasteiger partial charge on any atom is 0.394 e. The van der Waals surface area contributed by atoms with Crippen molar-refractivity contribution < 1.29 is 24.0 Å². The van der Waals surface area contributed by atoms with Crippen LogP contribution in [-0.4, -0.2) is 39.1 Å². The van der Waals surface area contributed by atoms with Crippen LogP contribution >= 0.6 is 0 Å². The van der Waals surface area contributed by atoms with Crippen molar-refractivity contribution in [3.05, 3.63) is 65.5 Å². The van der Waals surface area contributed by atoms with Gasteiger partial charge in [0.25, 0.3) is 5.89 Å². The molecule has 8 nitrogen and oxygen atoms in total. The van der Waals surface area contributed by atoms with Crippen LogP contribution in [0.3, 0.4) is 0 Å². The lowest BCUT2D eigenvalue weighted by atomic mass is 10.00. The number of aliphatic carboxylic acids is 1. The maximum absolute atomic E-state index is 12.8. The largest absolute Gasteiger partial charge is 0.496 e. The van der Waals surface area contributed by atoms with Crippen molar-refractivity contribution in [3.8, 4) is 17.2 Å². The number of methoxy groups -OCH3 is 1. The van der Waals surface area contributed by atoms with E-state index in [9.17, 15) is 14.7 Å². The molecule has 0 fully saturated rings. The number of carbonyl (C=O) groups excluding carboxylic acids is 1. The van der Waals surface area contributed by atoms with Crippen LogP contribution < -0.4 is 4.74 Å². The second-order valence-electron chi connectivity index (χ2n) is 10.2. The standard InChI is InChI=1S/C32H43N3O5/c1-4-6-7-8-9-10-11-12-13-18-29-33-30(40-34-29)25-21-19-24(20-22-25)27(5-2)35(31(36)32(37)38)23-26-16-14-15-17-28(26)39-3/h14-17,19-22,27H,4-13,18,23H2,1-3H3,(H,37,38). The predicted molar refractivity (Wildman–Crippen MR) is 155 cm³/mol. The molecule has 216 valence electrons. The fraction of sp³-hybridized carbons (Fsp3) is 0.500. The molecule has 1 atom stereocenters. The Morgan fingerprint density at radius 3 is 2.20 bits per heavy atom. The van der Waals surface area contributed by atoms with Gasteiger partial charge in [-0.1, -0.05) is 101 Å². The van der Waals surface area contributed by atoms with Gasteiger partial charge in [0.15, 0.2) is 5.82 Å². The van der Waals surface area contributed by atoms with E-state index in [0.717, 1.165) is 29.5 Å². The minimum atomic E-state index is -1.49. The molecule has 0 saturated heterocycles. The van der Waals surface area contributed by atoms with Gasteiger partial charge in [-0.05, 0) is 36.6 Å². The highest BCUT2D eigenvalue weighted by atomic mass is 16.5. The van der Waals surface area contributed by atoms with E-state index in [-0.39, 0.29) is 6.54 Å². The minimum absolute atomic E-state index is 0.112. The number of aryl methyl sites for hydroxylation is 1. The quantitative estimate of drug-likeness (QED) is 0.138. The monoisotopic (exact) mass is 549 g/mol. The summed E-state index contributed by atoms with van der Waals surface area (Å²) in [6.07, 6.45) is 12.7. The van der Waals surface area contributed by atoms with Crippen molar-refractivity contribution >= 4 is 11.9 Å². The molecule has 0 bridgehead atoms. The number of carbonyl (C=O) groups is 2. The molecule has 1 unspecified atom stereocenters. The topological polar surface area (TPSA) is 106 Å². The summed E-state index contributed by atoms with van der Waals surface area (Å²) in [7, 11) is 1.55. The summed E-state index contributed by atoms with van der Waals surface area (Å²) < 4.78 is 10.9. The van der Waals surface area contributed by atoms with Gasteiger partial charge in [-0.2, -0.15) is 4.98 Å². The zero-order chi connectivity index (χ0) is 28.7. The Kier molecular flexibility index (Phi) is 12.7. The first-order valence-corrected chi connectivity index (χ1v) is 14.6. The number of benzene rings is 2. The first kappa shape index (κ1) is 30.9. The van der Waals surface area contributed by atoms with Crippen molar-refractivity contribution in [1.82, 2.24) is 15.0 Å². The normalized spacial score (nSPS) is 11.8. The fourth-order valence-corrected chi connectivity index (χ4v) is 5.01. The number of hydrogen-bond donors (Lipinski definition) is 1. The summed E-state index contributed by atoms with van der Waals surface area (Å²) in [6, 6.07) is 14.4. The third-order valence-corrected chi connectivity index (χ3v) is 7.25. The molecular formula is C32H43N3O5. The van der Waals surface area contributed by atoms with Gasteiger partial charge in [-0.15, -0.1) is 0 Å². The van der Waals surface area contributed by atoms with Crippen molar-refractivity contribution in [2.45, 2.75) is 97.1 Å². The smallest absolute Gasteiger partial charge is 0.394 e. The van der Waals surface area contributed by atoms with Crippen LogP contribution in [0.4, 0.5) is 0 Å². The molecule has 8 heteroatoms. The Hall–Kier alpha value is -3.68. The Morgan fingerprint density at radius 2 is 1.57 bits per heavy atom. The van der Waals surface area contributed by atoms with Gasteiger partial charge < -0.3 is 19.3 Å². The Bertz CT molecular complexity index is 1190. The van der Waals surface area contributed by atoms with E-state index < -0.39 is 17.9 Å². The SMILES string of the molecule is CCCCCCCCCCCc1noc(-c2ccc(C(CC)N(Cc3ccccc3OC)C(=O)C(=O)O)cc2)n1. The highest BCUT2D eigenvalue weighted by molar-refractivity contribution is 6.31. The fourth-order valence-electron chi connectivity index (χ4n) is 5.01. The molecule has 0 aliphatic rings. The highest BCUT2D eigenvalue weighted by Crippen LogP contribution is 2.30. The van der Waals surface area contributed by atoms with Gasteiger partial charge >= 0.3 is 11.9 Å². The Labute approximate surface area is 237 Å². The number of carboxylic acid groups (broad SMARTS) is 1. The number of aromatic nitrogens is 2. The molecular weight excluding hydrogens is 506 g/mol. The summed E-state index contributed by atoms with van der Waals surface area (Å²) in [4.78, 5) is 30.4. The molecule has 40 heavy (non-hydrogen) atoms. The van der Waals surface area contributed by atoms with Crippen LogP contribution in [-0.2, 0) is 22.6 Å². The second-order valence-corrected chi connectivity index (χ2v) is 10.2. The minimum Gasteiger partial charge on any atom is -0.496 e. The van der Waals surface area contributed by atoms with E-state index in [2.05, 4.69) is 17.1 Å². The van der Waals surface area contributed by atoms with Gasteiger partial charge in [-0.3, -0.25) is 4.79 Å². The molecule has 0 saturated carbocycles. The average molecular weight is 550 g/mol. The number of ether oxygens (including phenoxy) is 1. The van der Waals surface area contributed by atoms with E-state index in [4.69, 9.17) is 9.26 Å². The third-order valence-electron chi connectivity index (χ3n) is 7.25. The molecule has 0 aliphatic heterocycles. The van der Waals surface area contributed by atoms with Crippen molar-refractivity contribution in [2.75, 3.05) is 7.11 Å². The average Bonchev–Trinajstić information content (AvgIpc) is 3.45. The molecule has 1 N–H and O–H groups in total. The van der Waals surface area contributed by atoms with Crippen molar-refractivity contribution in [1.29, 1.82) is 0 Å². The number of hydrogen-bond acceptors (Lipinski definition) is 6. The molecule has 1 amide bonds. The van der Waals surface area contributed by atoms with Crippen LogP contribution in [0.1, 0.15) is 101 Å². The van der Waals surface area contributed by atoms with E-state index in [1.54, 1.807) is 13.2 Å². The van der Waals surface area contributed by atoms with Gasteiger partial charge in [0.2, 0.25) is 0 Å². The lowest BCUT2D eigenvalue weighted by Crippen LogP contribution is -2.38. The van der Waals surface area contributed by atoms with Crippen LogP contribution in [0.2, 0.25) is 0 Å². The van der Waals surface area contributed by atoms with E-state index in [1.807, 2.05) is 49.4 Å². The van der Waals surface area contributed by atoms with Crippen molar-refractivity contribution in [3.63, 3.8) is 0 Å². The lowest BCUT2D eigenvalue weighted by Gasteiger charge is -2.31. The molecule has 2 aromatic carbocycles. The van der Waals surface area contributed by atoms with E-state index >= 15 is 0 Å². The predicted octanol–water partition coefficient (Wildman–Crippen LogP) is 7.38. The first-order chi connectivity index (χ1) is 19.5. The Balaban J connectivity index is 1.62. The summed E-state index contributed by atoms with van der Waals surface area (Å²) in [5.41, 5.74) is 2.34. The number of unbranched alkanes of at least 4 members (excludes halogenated alkanes) is 8. The molecule has 3 aromatic rings. The van der Waals surface area contributed by atoms with Gasteiger partial charge in [0.05, 0.1) is 19.7 Å². The number of rotatable bonds is 17. The van der Waals surface area contributed by atoms with Crippen LogP contribution in [0.5, 0.6) is 5.75 Å². The molecule has 1 aromatic heterocycles. The summed E-state index contributed by atoms with van der Waals surface area (Å²) >= 11 is 0. The first-order valence-electron chi connectivity index (χ1n) is 14.6.